The maximum atomic E-state index is 12.0. The molecule has 0 aliphatic carbocycles. The number of nitrogens with one attached hydrogen (secondary N) is 2. The van der Waals surface area contributed by atoms with Gasteiger partial charge < -0.3 is 10.4 Å². The Kier molecular flexibility index (Phi) is 7.39. The number of carbonyl (C=O) groups excluding carboxylic acids is 1. The van der Waals surface area contributed by atoms with Crippen molar-refractivity contribution >= 4 is 27.3 Å². The Balaban J connectivity index is 2.43. The fourth-order valence-electron chi connectivity index (χ4n) is 1.43. The van der Waals surface area contributed by atoms with Gasteiger partial charge in [-0.15, -0.1) is 11.3 Å². The Morgan fingerprint density at radius 2 is 2.19 bits per heavy atom. The van der Waals surface area contributed by atoms with Crippen molar-refractivity contribution in [3.63, 3.8) is 0 Å². The predicted molar refractivity (Wildman–Crippen MR) is 82.7 cm³/mol. The number of aliphatic hydroxyl groups is 1. The molecule has 1 aromatic rings. The number of hydrogen-bond acceptors (Lipinski definition) is 5. The lowest BCUT2D eigenvalue weighted by Gasteiger charge is -2.04. The SMILES string of the molecule is CS(=O)(=O)NCCCNC(=O)c1sccc1C#CCCO. The maximum absolute atomic E-state index is 12.0. The summed E-state index contributed by atoms with van der Waals surface area (Å²) in [6, 6.07) is 1.76. The van der Waals surface area contributed by atoms with E-state index in [1.54, 1.807) is 11.4 Å². The molecule has 0 saturated heterocycles. The molecule has 1 heterocycles. The van der Waals surface area contributed by atoms with E-state index in [1.807, 2.05) is 0 Å². The average Bonchev–Trinajstić information content (AvgIpc) is 2.85. The molecule has 1 rings (SSSR count). The number of hydrogen-bond donors (Lipinski definition) is 3. The van der Waals surface area contributed by atoms with E-state index >= 15 is 0 Å². The van der Waals surface area contributed by atoms with Crippen LogP contribution in [0.2, 0.25) is 0 Å². The Labute approximate surface area is 128 Å². The minimum Gasteiger partial charge on any atom is -0.395 e. The van der Waals surface area contributed by atoms with E-state index in [-0.39, 0.29) is 19.1 Å². The van der Waals surface area contributed by atoms with Crippen LogP contribution in [0.25, 0.3) is 0 Å². The molecular weight excluding hydrogens is 312 g/mol. The summed E-state index contributed by atoms with van der Waals surface area (Å²) in [5.74, 6) is 5.40. The Hall–Kier alpha value is -1.40. The van der Waals surface area contributed by atoms with Gasteiger partial charge in [0.15, 0.2) is 0 Å². The molecule has 0 aliphatic heterocycles. The number of rotatable bonds is 7. The van der Waals surface area contributed by atoms with E-state index in [1.165, 1.54) is 11.3 Å². The van der Waals surface area contributed by atoms with Crippen LogP contribution in [-0.4, -0.2) is 45.4 Å². The second-order valence-electron chi connectivity index (χ2n) is 4.21. The molecule has 0 fully saturated rings. The molecule has 0 spiro atoms. The normalized spacial score (nSPS) is 10.8. The van der Waals surface area contributed by atoms with Gasteiger partial charge in [-0.3, -0.25) is 4.79 Å². The average molecular weight is 330 g/mol. The summed E-state index contributed by atoms with van der Waals surface area (Å²) >= 11 is 1.30. The topological polar surface area (TPSA) is 95.5 Å². The van der Waals surface area contributed by atoms with Gasteiger partial charge in [0.05, 0.1) is 12.9 Å². The van der Waals surface area contributed by atoms with Crippen molar-refractivity contribution in [2.24, 2.45) is 0 Å². The molecular formula is C13H18N2O4S2. The van der Waals surface area contributed by atoms with Crippen molar-refractivity contribution in [1.82, 2.24) is 10.0 Å². The number of aliphatic hydroxyl groups excluding tert-OH is 1. The highest BCUT2D eigenvalue weighted by Crippen LogP contribution is 2.15. The van der Waals surface area contributed by atoms with E-state index in [9.17, 15) is 13.2 Å². The molecule has 3 N–H and O–H groups in total. The van der Waals surface area contributed by atoms with Crippen molar-refractivity contribution in [3.8, 4) is 11.8 Å². The first-order chi connectivity index (χ1) is 9.94. The molecule has 0 unspecified atom stereocenters. The molecule has 1 aromatic heterocycles. The zero-order valence-electron chi connectivity index (χ0n) is 11.7. The van der Waals surface area contributed by atoms with Crippen LogP contribution in [-0.2, 0) is 10.0 Å². The van der Waals surface area contributed by atoms with Crippen molar-refractivity contribution in [2.75, 3.05) is 26.0 Å². The first kappa shape index (κ1) is 17.7. The third-order valence-corrected chi connectivity index (χ3v) is 3.98. The van der Waals surface area contributed by atoms with E-state index < -0.39 is 10.0 Å². The lowest BCUT2D eigenvalue weighted by atomic mass is 10.2. The second-order valence-corrected chi connectivity index (χ2v) is 6.96. The molecule has 0 aliphatic rings. The quantitative estimate of drug-likeness (QED) is 0.490. The Bertz CT molecular complexity index is 626. The summed E-state index contributed by atoms with van der Waals surface area (Å²) in [5, 5.41) is 13.2. The largest absolute Gasteiger partial charge is 0.395 e. The summed E-state index contributed by atoms with van der Waals surface area (Å²) in [7, 11) is -3.19. The predicted octanol–water partition coefficient (Wildman–Crippen LogP) is 0.151. The maximum Gasteiger partial charge on any atom is 0.262 e. The fraction of sp³-hybridized carbons (Fsp3) is 0.462. The lowest BCUT2D eigenvalue weighted by molar-refractivity contribution is 0.0957. The van der Waals surface area contributed by atoms with Gasteiger partial charge in [0, 0.05) is 25.1 Å². The molecule has 6 nitrogen and oxygen atoms in total. The summed E-state index contributed by atoms with van der Waals surface area (Å²) in [5.41, 5.74) is 0.639. The van der Waals surface area contributed by atoms with Crippen LogP contribution in [0, 0.1) is 11.8 Å². The standard InChI is InChI=1S/C13H18N2O4S2/c1-21(18,19)15-8-4-7-14-13(17)12-11(6-10-20-12)5-2-3-9-16/h6,10,15-16H,3-4,7-9H2,1H3,(H,14,17). The van der Waals surface area contributed by atoms with Crippen molar-refractivity contribution in [3.05, 3.63) is 21.9 Å². The monoisotopic (exact) mass is 330 g/mol. The highest BCUT2D eigenvalue weighted by molar-refractivity contribution is 7.88. The van der Waals surface area contributed by atoms with Gasteiger partial charge in [-0.05, 0) is 17.9 Å². The molecule has 0 radical (unpaired) electrons. The van der Waals surface area contributed by atoms with Gasteiger partial charge in [-0.2, -0.15) is 0 Å². The minimum atomic E-state index is -3.19. The van der Waals surface area contributed by atoms with Crippen LogP contribution in [0.4, 0.5) is 0 Å². The van der Waals surface area contributed by atoms with Crippen molar-refractivity contribution < 1.29 is 18.3 Å². The summed E-state index contributed by atoms with van der Waals surface area (Å²) in [4.78, 5) is 12.5. The van der Waals surface area contributed by atoms with Gasteiger partial charge in [0.25, 0.3) is 5.91 Å². The Morgan fingerprint density at radius 3 is 2.86 bits per heavy atom. The summed E-state index contributed by atoms with van der Waals surface area (Å²) in [6.45, 7) is 0.654. The van der Waals surface area contributed by atoms with Gasteiger partial charge in [-0.25, -0.2) is 13.1 Å². The van der Waals surface area contributed by atoms with Crippen LogP contribution in [0.5, 0.6) is 0 Å². The van der Waals surface area contributed by atoms with E-state index in [0.29, 0.717) is 29.8 Å². The van der Waals surface area contributed by atoms with E-state index in [0.717, 1.165) is 6.26 Å². The first-order valence-electron chi connectivity index (χ1n) is 6.34. The summed E-state index contributed by atoms with van der Waals surface area (Å²) < 4.78 is 24.1. The molecule has 21 heavy (non-hydrogen) atoms. The molecule has 0 bridgehead atoms. The van der Waals surface area contributed by atoms with Crippen molar-refractivity contribution in [2.45, 2.75) is 12.8 Å². The zero-order valence-corrected chi connectivity index (χ0v) is 13.3. The Morgan fingerprint density at radius 1 is 1.43 bits per heavy atom. The number of carbonyl (C=O) groups is 1. The smallest absolute Gasteiger partial charge is 0.262 e. The lowest BCUT2D eigenvalue weighted by Crippen LogP contribution is -2.29. The number of sulfonamides is 1. The van der Waals surface area contributed by atoms with Crippen LogP contribution < -0.4 is 10.0 Å². The van der Waals surface area contributed by atoms with Gasteiger partial charge >= 0.3 is 0 Å². The zero-order chi connectivity index (χ0) is 15.7. The third-order valence-electron chi connectivity index (χ3n) is 2.33. The molecule has 1 amide bonds. The third kappa shape index (κ3) is 7.24. The van der Waals surface area contributed by atoms with Crippen LogP contribution >= 0.6 is 11.3 Å². The molecule has 8 heteroatoms. The molecule has 0 aromatic carbocycles. The van der Waals surface area contributed by atoms with Crippen molar-refractivity contribution in [1.29, 1.82) is 0 Å². The number of amides is 1. The van der Waals surface area contributed by atoms with Crippen LogP contribution in [0.1, 0.15) is 28.1 Å². The van der Waals surface area contributed by atoms with Gasteiger partial charge in [-0.1, -0.05) is 11.8 Å². The fourth-order valence-corrected chi connectivity index (χ4v) is 2.71. The first-order valence-corrected chi connectivity index (χ1v) is 9.11. The van der Waals surface area contributed by atoms with E-state index in [4.69, 9.17) is 5.11 Å². The number of thiophene rings is 1. The highest BCUT2D eigenvalue weighted by atomic mass is 32.2. The second kappa shape index (κ2) is 8.79. The molecule has 0 saturated carbocycles. The van der Waals surface area contributed by atoms with Gasteiger partial charge in [0.2, 0.25) is 10.0 Å². The van der Waals surface area contributed by atoms with Crippen LogP contribution in [0.15, 0.2) is 11.4 Å². The summed E-state index contributed by atoms with van der Waals surface area (Å²) in [6.07, 6.45) is 1.97. The minimum absolute atomic E-state index is 0.00793. The van der Waals surface area contributed by atoms with E-state index in [2.05, 4.69) is 21.9 Å². The van der Waals surface area contributed by atoms with Gasteiger partial charge in [0.1, 0.15) is 4.88 Å². The highest BCUT2D eigenvalue weighted by Gasteiger charge is 2.11. The molecule has 0 atom stereocenters. The van der Waals surface area contributed by atoms with Crippen LogP contribution in [0.3, 0.4) is 0 Å². The molecule has 116 valence electrons.